The van der Waals surface area contributed by atoms with Gasteiger partial charge < -0.3 is 10.3 Å². The second kappa shape index (κ2) is 5.20. The van der Waals surface area contributed by atoms with E-state index in [-0.39, 0.29) is 16.4 Å². The Morgan fingerprint density at radius 3 is 2.80 bits per heavy atom. The van der Waals surface area contributed by atoms with Gasteiger partial charge in [-0.2, -0.15) is 0 Å². The van der Waals surface area contributed by atoms with E-state index in [0.29, 0.717) is 11.3 Å². The Morgan fingerprint density at radius 2 is 2.15 bits per heavy atom. The first-order chi connectivity index (χ1) is 9.58. The van der Waals surface area contributed by atoms with E-state index in [1.165, 1.54) is 23.5 Å². The van der Waals surface area contributed by atoms with Crippen LogP contribution in [0, 0.1) is 5.82 Å². The molecule has 3 aromatic rings. The molecule has 1 aromatic carbocycles. The fourth-order valence-electron chi connectivity index (χ4n) is 1.91. The van der Waals surface area contributed by atoms with Gasteiger partial charge in [-0.15, -0.1) is 11.3 Å². The third kappa shape index (κ3) is 2.24. The molecule has 102 valence electrons. The summed E-state index contributed by atoms with van der Waals surface area (Å²) in [5, 5.41) is 5.85. The van der Waals surface area contributed by atoms with Crippen LogP contribution >= 0.6 is 38.9 Å². The summed E-state index contributed by atoms with van der Waals surface area (Å²) in [7, 11) is 0. The van der Waals surface area contributed by atoms with E-state index in [9.17, 15) is 4.39 Å². The van der Waals surface area contributed by atoms with E-state index in [1.54, 1.807) is 6.07 Å². The van der Waals surface area contributed by atoms with Crippen LogP contribution in [0.25, 0.3) is 22.5 Å². The van der Waals surface area contributed by atoms with E-state index in [0.717, 1.165) is 9.35 Å². The molecule has 0 atom stereocenters. The highest BCUT2D eigenvalue weighted by Gasteiger charge is 2.23. The van der Waals surface area contributed by atoms with E-state index in [1.807, 2.05) is 11.4 Å². The van der Waals surface area contributed by atoms with Crippen molar-refractivity contribution < 1.29 is 8.91 Å². The number of aromatic nitrogens is 1. The summed E-state index contributed by atoms with van der Waals surface area (Å²) >= 11 is 10.9. The van der Waals surface area contributed by atoms with Gasteiger partial charge in [0.25, 0.3) is 0 Å². The first kappa shape index (κ1) is 13.6. The summed E-state index contributed by atoms with van der Waals surface area (Å²) in [5.41, 5.74) is 7.15. The van der Waals surface area contributed by atoms with Crippen molar-refractivity contribution in [2.75, 3.05) is 5.73 Å². The average molecular weight is 374 g/mol. The molecule has 0 aliphatic rings. The van der Waals surface area contributed by atoms with Crippen molar-refractivity contribution in [1.29, 1.82) is 0 Å². The van der Waals surface area contributed by atoms with Crippen LogP contribution in [0.4, 0.5) is 10.2 Å². The lowest BCUT2D eigenvalue weighted by Crippen LogP contribution is -1.92. The highest BCUT2D eigenvalue weighted by Crippen LogP contribution is 2.42. The molecular formula is C13H7BrClFN2OS. The molecule has 0 amide bonds. The molecule has 0 bridgehead atoms. The maximum atomic E-state index is 14.1. The van der Waals surface area contributed by atoms with Crippen LogP contribution in [0.1, 0.15) is 0 Å². The molecule has 0 fully saturated rings. The number of benzene rings is 1. The van der Waals surface area contributed by atoms with E-state index in [4.69, 9.17) is 21.9 Å². The summed E-state index contributed by atoms with van der Waals surface area (Å²) in [6, 6.07) is 6.30. The molecule has 0 radical (unpaired) electrons. The Balaban J connectivity index is 2.27. The van der Waals surface area contributed by atoms with Gasteiger partial charge in [0.1, 0.15) is 5.82 Å². The molecule has 0 saturated carbocycles. The molecule has 0 saturated heterocycles. The molecule has 0 aliphatic carbocycles. The lowest BCUT2D eigenvalue weighted by Gasteiger charge is -2.05. The number of nitrogens with two attached hydrogens (primary N) is 1. The number of halogens is 3. The van der Waals surface area contributed by atoms with Gasteiger partial charge >= 0.3 is 0 Å². The third-order valence-corrected chi connectivity index (χ3v) is 4.58. The molecule has 0 aliphatic heterocycles. The summed E-state index contributed by atoms with van der Waals surface area (Å²) in [4.78, 5) is 0. The molecular weight excluding hydrogens is 367 g/mol. The summed E-state index contributed by atoms with van der Waals surface area (Å²) in [6.45, 7) is 0. The SMILES string of the molecule is Nc1noc(-c2csc(Br)c2)c1-c1c(F)cccc1Cl. The fraction of sp³-hybridized carbons (Fsp3) is 0. The first-order valence-electron chi connectivity index (χ1n) is 5.52. The van der Waals surface area contributed by atoms with E-state index >= 15 is 0 Å². The highest BCUT2D eigenvalue weighted by atomic mass is 79.9. The van der Waals surface area contributed by atoms with Gasteiger partial charge in [0.05, 0.1) is 14.4 Å². The molecule has 3 nitrogen and oxygen atoms in total. The number of rotatable bonds is 2. The van der Waals surface area contributed by atoms with Crippen LogP contribution in [-0.2, 0) is 0 Å². The lowest BCUT2D eigenvalue weighted by molar-refractivity contribution is 0.436. The van der Waals surface area contributed by atoms with Gasteiger partial charge in [0.2, 0.25) is 0 Å². The molecule has 3 rings (SSSR count). The Labute approximate surface area is 131 Å². The lowest BCUT2D eigenvalue weighted by atomic mass is 10.0. The second-order valence-corrected chi connectivity index (χ2v) is 6.71. The van der Waals surface area contributed by atoms with Crippen molar-refractivity contribution in [3.8, 4) is 22.5 Å². The number of nitrogens with zero attached hydrogens (tertiary/aromatic N) is 1. The van der Waals surface area contributed by atoms with Crippen LogP contribution in [0.2, 0.25) is 5.02 Å². The van der Waals surface area contributed by atoms with E-state index < -0.39 is 5.82 Å². The quantitative estimate of drug-likeness (QED) is 0.671. The van der Waals surface area contributed by atoms with Crippen LogP contribution in [0.15, 0.2) is 38.0 Å². The van der Waals surface area contributed by atoms with E-state index in [2.05, 4.69) is 21.1 Å². The Hall–Kier alpha value is -1.37. The van der Waals surface area contributed by atoms with Crippen molar-refractivity contribution in [3.05, 3.63) is 44.3 Å². The number of thiophene rings is 1. The monoisotopic (exact) mass is 372 g/mol. The molecule has 20 heavy (non-hydrogen) atoms. The summed E-state index contributed by atoms with van der Waals surface area (Å²) < 4.78 is 20.2. The van der Waals surface area contributed by atoms with Crippen molar-refractivity contribution >= 4 is 44.7 Å². The predicted octanol–water partition coefficient (Wildman–Crippen LogP) is 5.21. The molecule has 2 aromatic heterocycles. The Morgan fingerprint density at radius 1 is 1.35 bits per heavy atom. The molecule has 0 unspecified atom stereocenters. The van der Waals surface area contributed by atoms with Gasteiger partial charge in [0.15, 0.2) is 11.6 Å². The maximum absolute atomic E-state index is 14.1. The Bertz CT molecular complexity index is 766. The van der Waals surface area contributed by atoms with Crippen LogP contribution in [0.5, 0.6) is 0 Å². The minimum absolute atomic E-state index is 0.106. The maximum Gasteiger partial charge on any atom is 0.177 e. The zero-order chi connectivity index (χ0) is 14.3. The van der Waals surface area contributed by atoms with Crippen molar-refractivity contribution in [1.82, 2.24) is 5.16 Å². The highest BCUT2D eigenvalue weighted by molar-refractivity contribution is 9.11. The van der Waals surface area contributed by atoms with Crippen molar-refractivity contribution in [2.45, 2.75) is 0 Å². The Kier molecular flexibility index (Phi) is 3.54. The zero-order valence-electron chi connectivity index (χ0n) is 9.86. The number of nitrogen functional groups attached to an aromatic ring is 1. The third-order valence-electron chi connectivity index (χ3n) is 2.76. The van der Waals surface area contributed by atoms with Gasteiger partial charge in [-0.1, -0.05) is 22.8 Å². The van der Waals surface area contributed by atoms with Crippen molar-refractivity contribution in [3.63, 3.8) is 0 Å². The molecule has 2 N–H and O–H groups in total. The predicted molar refractivity (Wildman–Crippen MR) is 82.3 cm³/mol. The van der Waals surface area contributed by atoms with Gasteiger partial charge in [0, 0.05) is 16.5 Å². The van der Waals surface area contributed by atoms with Crippen LogP contribution in [0.3, 0.4) is 0 Å². The van der Waals surface area contributed by atoms with Gasteiger partial charge in [-0.25, -0.2) is 4.39 Å². The van der Waals surface area contributed by atoms with Gasteiger partial charge in [-0.05, 0) is 34.1 Å². The standard InChI is InChI=1S/C13H7BrClFN2OS/c14-9-4-6(5-20-9)12-11(13(17)18-19-12)10-7(15)2-1-3-8(10)16/h1-5H,(H2,17,18). The number of hydrogen-bond acceptors (Lipinski definition) is 4. The first-order valence-corrected chi connectivity index (χ1v) is 7.57. The average Bonchev–Trinajstić information content (AvgIpc) is 2.97. The minimum atomic E-state index is -0.469. The van der Waals surface area contributed by atoms with Gasteiger partial charge in [-0.3, -0.25) is 0 Å². The zero-order valence-corrected chi connectivity index (χ0v) is 13.0. The summed E-state index contributed by atoms with van der Waals surface area (Å²) in [5.74, 6) is 0.0358. The van der Waals surface area contributed by atoms with Crippen LogP contribution < -0.4 is 5.73 Å². The van der Waals surface area contributed by atoms with Crippen LogP contribution in [-0.4, -0.2) is 5.16 Å². The normalized spacial score (nSPS) is 10.9. The molecule has 0 spiro atoms. The topological polar surface area (TPSA) is 52.0 Å². The second-order valence-electron chi connectivity index (χ2n) is 4.01. The largest absolute Gasteiger partial charge is 0.380 e. The summed E-state index contributed by atoms with van der Waals surface area (Å²) in [6.07, 6.45) is 0. The van der Waals surface area contributed by atoms with Crippen molar-refractivity contribution in [2.24, 2.45) is 0 Å². The number of anilines is 1. The number of hydrogen-bond donors (Lipinski definition) is 1. The smallest absolute Gasteiger partial charge is 0.177 e. The molecule has 7 heteroatoms. The molecule has 2 heterocycles. The minimum Gasteiger partial charge on any atom is -0.380 e. The fourth-order valence-corrected chi connectivity index (χ4v) is 3.30.